The summed E-state index contributed by atoms with van der Waals surface area (Å²) in [7, 11) is 1.70. The first-order valence-corrected chi connectivity index (χ1v) is 6.79. The van der Waals surface area contributed by atoms with E-state index in [1.165, 1.54) is 5.56 Å². The Kier molecular flexibility index (Phi) is 5.31. The molecule has 0 spiro atoms. The monoisotopic (exact) mass is 277 g/mol. The predicted molar refractivity (Wildman–Crippen MR) is 79.0 cm³/mol. The van der Waals surface area contributed by atoms with Gasteiger partial charge in [0.05, 0.1) is 0 Å². The maximum absolute atomic E-state index is 12.2. The smallest absolute Gasteiger partial charge is 0.303 e. The summed E-state index contributed by atoms with van der Waals surface area (Å²) in [5.74, 6) is -0.906. The minimum atomic E-state index is -0.833. The number of carbonyl (C=O) groups is 2. The van der Waals surface area contributed by atoms with Gasteiger partial charge in [0.15, 0.2) is 0 Å². The van der Waals surface area contributed by atoms with E-state index in [9.17, 15) is 9.59 Å². The van der Waals surface area contributed by atoms with Gasteiger partial charge in [0.25, 0.3) is 5.91 Å². The van der Waals surface area contributed by atoms with Crippen molar-refractivity contribution in [2.24, 2.45) is 0 Å². The number of carboxylic acid groups (broad SMARTS) is 1. The van der Waals surface area contributed by atoms with Gasteiger partial charge in [0, 0.05) is 25.6 Å². The van der Waals surface area contributed by atoms with Crippen molar-refractivity contribution in [1.29, 1.82) is 0 Å². The molecule has 1 aromatic carbocycles. The fourth-order valence-electron chi connectivity index (χ4n) is 1.90. The second kappa shape index (κ2) is 6.55. The largest absolute Gasteiger partial charge is 0.481 e. The van der Waals surface area contributed by atoms with Crippen molar-refractivity contribution < 1.29 is 14.7 Å². The number of benzene rings is 1. The highest BCUT2D eigenvalue weighted by atomic mass is 16.4. The molecule has 0 aliphatic heterocycles. The number of amides is 1. The molecular formula is C16H23NO3. The lowest BCUT2D eigenvalue weighted by Crippen LogP contribution is -2.28. The summed E-state index contributed by atoms with van der Waals surface area (Å²) in [6.45, 7) is 6.83. The van der Waals surface area contributed by atoms with Crippen LogP contribution in [0.5, 0.6) is 0 Å². The summed E-state index contributed by atoms with van der Waals surface area (Å²) in [6.07, 6.45) is 0.554. The third-order valence-corrected chi connectivity index (χ3v) is 3.23. The van der Waals surface area contributed by atoms with Crippen LogP contribution >= 0.6 is 0 Å². The summed E-state index contributed by atoms with van der Waals surface area (Å²) in [5.41, 5.74) is 1.88. The molecule has 0 aromatic heterocycles. The highest BCUT2D eigenvalue weighted by Gasteiger charge is 2.16. The van der Waals surface area contributed by atoms with E-state index < -0.39 is 5.97 Å². The maximum Gasteiger partial charge on any atom is 0.303 e. The highest BCUT2D eigenvalue weighted by molar-refractivity contribution is 5.94. The van der Waals surface area contributed by atoms with Crippen molar-refractivity contribution in [1.82, 2.24) is 4.90 Å². The number of carbonyl (C=O) groups excluding carboxylic acids is 1. The summed E-state index contributed by atoms with van der Waals surface area (Å²) in [4.78, 5) is 24.2. The molecule has 0 atom stereocenters. The van der Waals surface area contributed by atoms with Gasteiger partial charge in [-0.05, 0) is 29.5 Å². The van der Waals surface area contributed by atoms with Gasteiger partial charge in [-0.15, -0.1) is 0 Å². The van der Waals surface area contributed by atoms with E-state index in [1.54, 1.807) is 11.9 Å². The van der Waals surface area contributed by atoms with Gasteiger partial charge in [0.2, 0.25) is 0 Å². The van der Waals surface area contributed by atoms with Crippen LogP contribution in [-0.4, -0.2) is 35.5 Å². The Bertz CT molecular complexity index is 471. The topological polar surface area (TPSA) is 57.6 Å². The third kappa shape index (κ3) is 4.68. The van der Waals surface area contributed by atoms with E-state index in [4.69, 9.17) is 5.11 Å². The predicted octanol–water partition coefficient (Wildman–Crippen LogP) is 2.92. The molecule has 1 amide bonds. The fourth-order valence-corrected chi connectivity index (χ4v) is 1.90. The number of rotatable bonds is 5. The van der Waals surface area contributed by atoms with E-state index in [1.807, 2.05) is 24.3 Å². The van der Waals surface area contributed by atoms with Crippen molar-refractivity contribution in [3.63, 3.8) is 0 Å². The van der Waals surface area contributed by atoms with Crippen LogP contribution in [-0.2, 0) is 10.2 Å². The molecule has 0 bridgehead atoms. The zero-order valence-corrected chi connectivity index (χ0v) is 12.6. The minimum absolute atomic E-state index is 0.0645. The van der Waals surface area contributed by atoms with Crippen molar-refractivity contribution in [3.05, 3.63) is 35.4 Å². The number of aliphatic carboxylic acids is 1. The van der Waals surface area contributed by atoms with E-state index in [0.717, 1.165) is 0 Å². The Morgan fingerprint density at radius 2 is 1.70 bits per heavy atom. The van der Waals surface area contributed by atoms with Crippen LogP contribution in [0.25, 0.3) is 0 Å². The molecule has 0 unspecified atom stereocenters. The molecule has 20 heavy (non-hydrogen) atoms. The van der Waals surface area contributed by atoms with Gasteiger partial charge in [0.1, 0.15) is 0 Å². The molecule has 1 rings (SSSR count). The average Bonchev–Trinajstić information content (AvgIpc) is 2.36. The van der Waals surface area contributed by atoms with Crippen LogP contribution in [0.4, 0.5) is 0 Å². The fraction of sp³-hybridized carbons (Fsp3) is 0.500. The number of carboxylic acids is 1. The molecule has 0 saturated heterocycles. The summed E-state index contributed by atoms with van der Waals surface area (Å²) < 4.78 is 0. The second-order valence-corrected chi connectivity index (χ2v) is 6.05. The van der Waals surface area contributed by atoms with E-state index in [2.05, 4.69) is 20.8 Å². The van der Waals surface area contributed by atoms with Gasteiger partial charge in [-0.25, -0.2) is 0 Å². The Morgan fingerprint density at radius 3 is 2.15 bits per heavy atom. The first-order valence-electron chi connectivity index (χ1n) is 6.79. The van der Waals surface area contributed by atoms with Crippen molar-refractivity contribution in [3.8, 4) is 0 Å². The lowest BCUT2D eigenvalue weighted by atomic mass is 9.86. The Morgan fingerprint density at radius 1 is 1.15 bits per heavy atom. The molecule has 1 aromatic rings. The molecule has 0 saturated carbocycles. The van der Waals surface area contributed by atoms with Crippen LogP contribution in [0.1, 0.15) is 49.5 Å². The zero-order valence-electron chi connectivity index (χ0n) is 12.6. The lowest BCUT2D eigenvalue weighted by Gasteiger charge is -2.20. The summed E-state index contributed by atoms with van der Waals surface area (Å²) in [5, 5.41) is 8.59. The van der Waals surface area contributed by atoms with E-state index in [-0.39, 0.29) is 17.7 Å². The molecule has 0 fully saturated rings. The summed E-state index contributed by atoms with van der Waals surface area (Å²) >= 11 is 0. The van der Waals surface area contributed by atoms with Crippen LogP contribution in [0.3, 0.4) is 0 Å². The summed E-state index contributed by atoms with van der Waals surface area (Å²) in [6, 6.07) is 7.60. The molecule has 4 heteroatoms. The van der Waals surface area contributed by atoms with Gasteiger partial charge >= 0.3 is 5.97 Å². The van der Waals surface area contributed by atoms with E-state index in [0.29, 0.717) is 18.5 Å². The Hall–Kier alpha value is -1.84. The number of nitrogens with zero attached hydrogens (tertiary/aromatic N) is 1. The number of hydrogen-bond donors (Lipinski definition) is 1. The average molecular weight is 277 g/mol. The van der Waals surface area contributed by atoms with Crippen LogP contribution in [0, 0.1) is 0 Å². The van der Waals surface area contributed by atoms with Crippen LogP contribution in [0.2, 0.25) is 0 Å². The standard InChI is InChI=1S/C16H23NO3/c1-16(2,3)13-9-7-12(8-10-13)15(20)17(4)11-5-6-14(18)19/h7-10H,5-6,11H2,1-4H3,(H,18,19). The van der Waals surface area contributed by atoms with Crippen molar-refractivity contribution in [2.75, 3.05) is 13.6 Å². The maximum atomic E-state index is 12.2. The highest BCUT2D eigenvalue weighted by Crippen LogP contribution is 2.22. The molecular weight excluding hydrogens is 254 g/mol. The number of hydrogen-bond acceptors (Lipinski definition) is 2. The Labute approximate surface area is 120 Å². The third-order valence-electron chi connectivity index (χ3n) is 3.23. The Balaban J connectivity index is 2.65. The second-order valence-electron chi connectivity index (χ2n) is 6.05. The molecule has 4 nitrogen and oxygen atoms in total. The quantitative estimate of drug-likeness (QED) is 0.900. The van der Waals surface area contributed by atoms with Gasteiger partial charge in [-0.1, -0.05) is 32.9 Å². The van der Waals surface area contributed by atoms with Crippen molar-refractivity contribution >= 4 is 11.9 Å². The molecule has 1 N–H and O–H groups in total. The lowest BCUT2D eigenvalue weighted by molar-refractivity contribution is -0.137. The zero-order chi connectivity index (χ0) is 15.3. The van der Waals surface area contributed by atoms with Crippen LogP contribution in [0.15, 0.2) is 24.3 Å². The first kappa shape index (κ1) is 16.2. The molecule has 0 aliphatic rings. The van der Waals surface area contributed by atoms with Gasteiger partial charge in [-0.2, -0.15) is 0 Å². The first-order chi connectivity index (χ1) is 9.21. The van der Waals surface area contributed by atoms with Gasteiger partial charge < -0.3 is 10.0 Å². The SMILES string of the molecule is CN(CCCC(=O)O)C(=O)c1ccc(C(C)(C)C)cc1. The molecule has 0 heterocycles. The van der Waals surface area contributed by atoms with Gasteiger partial charge in [-0.3, -0.25) is 9.59 Å². The van der Waals surface area contributed by atoms with Crippen LogP contribution < -0.4 is 0 Å². The normalized spacial score (nSPS) is 11.2. The van der Waals surface area contributed by atoms with Crippen molar-refractivity contribution in [2.45, 2.75) is 39.0 Å². The molecule has 110 valence electrons. The minimum Gasteiger partial charge on any atom is -0.481 e. The van der Waals surface area contributed by atoms with E-state index >= 15 is 0 Å². The molecule has 0 radical (unpaired) electrons. The molecule has 0 aliphatic carbocycles.